The minimum atomic E-state index is -0.0277. The number of carbonyl (C=O) groups excluding carboxylic acids is 1. The van der Waals surface area contributed by atoms with Gasteiger partial charge < -0.3 is 15.5 Å². The highest BCUT2D eigenvalue weighted by molar-refractivity contribution is 7.20. The highest BCUT2D eigenvalue weighted by Gasteiger charge is 2.21. The van der Waals surface area contributed by atoms with Crippen LogP contribution in [0.25, 0.3) is 20.4 Å². The van der Waals surface area contributed by atoms with Crippen molar-refractivity contribution < 1.29 is 4.79 Å². The zero-order valence-electron chi connectivity index (χ0n) is 16.8. The normalized spacial score (nSPS) is 15.7. The number of thiazole rings is 1. The van der Waals surface area contributed by atoms with Crippen molar-refractivity contribution >= 4 is 60.5 Å². The Morgan fingerprint density at radius 2 is 2.00 bits per heavy atom. The van der Waals surface area contributed by atoms with Gasteiger partial charge in [-0.2, -0.15) is 0 Å². The fourth-order valence-corrected chi connectivity index (χ4v) is 5.50. The van der Waals surface area contributed by atoms with Gasteiger partial charge in [0, 0.05) is 11.7 Å². The van der Waals surface area contributed by atoms with Crippen LogP contribution in [-0.2, 0) is 0 Å². The fraction of sp³-hybridized carbons (Fsp3) is 0.333. The Labute approximate surface area is 182 Å². The number of likely N-dealkylation sites (tertiary alicyclic amines) is 1. The van der Waals surface area contributed by atoms with Crippen molar-refractivity contribution in [1.29, 1.82) is 0 Å². The second-order valence-corrected chi connectivity index (χ2v) is 9.91. The standard InChI is InChI=1S/C21H22N6OS2/c1-12-24-16-4-3-14(9-17(16)29-12)25-19-15-10-18(30-21(15)23-11-22-19)20(28)26-13-5-7-27(2)8-6-13/h3-4,9-11,13H,5-8H2,1-2H3,(H,26,28)(H,22,23,25). The molecular weight excluding hydrogens is 416 g/mol. The van der Waals surface area contributed by atoms with Crippen LogP contribution >= 0.6 is 22.7 Å². The van der Waals surface area contributed by atoms with Gasteiger partial charge in [0.25, 0.3) is 5.91 Å². The molecule has 4 aromatic rings. The first-order valence-corrected chi connectivity index (χ1v) is 11.6. The number of rotatable bonds is 4. The molecule has 7 nitrogen and oxygen atoms in total. The van der Waals surface area contributed by atoms with E-state index >= 15 is 0 Å². The number of aryl methyl sites for hydroxylation is 1. The maximum Gasteiger partial charge on any atom is 0.261 e. The number of hydrogen-bond acceptors (Lipinski definition) is 8. The predicted octanol–water partition coefficient (Wildman–Crippen LogP) is 4.18. The highest BCUT2D eigenvalue weighted by Crippen LogP contribution is 2.31. The summed E-state index contributed by atoms with van der Waals surface area (Å²) in [6, 6.07) is 8.20. The molecule has 5 rings (SSSR count). The Morgan fingerprint density at radius 1 is 1.17 bits per heavy atom. The van der Waals surface area contributed by atoms with Crippen molar-refractivity contribution in [1.82, 2.24) is 25.2 Å². The molecule has 154 valence electrons. The summed E-state index contributed by atoms with van der Waals surface area (Å²) in [7, 11) is 2.12. The average molecular weight is 439 g/mol. The van der Waals surface area contributed by atoms with E-state index in [1.54, 1.807) is 11.3 Å². The van der Waals surface area contributed by atoms with Crippen LogP contribution in [0.5, 0.6) is 0 Å². The molecule has 1 aliphatic heterocycles. The number of piperidine rings is 1. The molecule has 0 radical (unpaired) electrons. The minimum absolute atomic E-state index is 0.0277. The van der Waals surface area contributed by atoms with Crippen LogP contribution < -0.4 is 10.6 Å². The molecular formula is C21H22N6OS2. The Bertz CT molecular complexity index is 1220. The molecule has 0 aliphatic carbocycles. The quantitative estimate of drug-likeness (QED) is 0.497. The van der Waals surface area contributed by atoms with E-state index in [1.807, 2.05) is 25.1 Å². The zero-order chi connectivity index (χ0) is 20.7. The Hall–Kier alpha value is -2.62. The van der Waals surface area contributed by atoms with Crippen molar-refractivity contribution in [2.24, 2.45) is 0 Å². The molecule has 1 saturated heterocycles. The van der Waals surface area contributed by atoms with E-state index in [4.69, 9.17) is 0 Å². The van der Waals surface area contributed by atoms with Gasteiger partial charge in [0.2, 0.25) is 0 Å². The summed E-state index contributed by atoms with van der Waals surface area (Å²) in [5.74, 6) is 0.676. The zero-order valence-corrected chi connectivity index (χ0v) is 18.4. The van der Waals surface area contributed by atoms with Gasteiger partial charge in [0.1, 0.15) is 17.0 Å². The summed E-state index contributed by atoms with van der Waals surface area (Å²) in [4.78, 5) is 29.8. The lowest BCUT2D eigenvalue weighted by Gasteiger charge is -2.29. The summed E-state index contributed by atoms with van der Waals surface area (Å²) in [5.41, 5.74) is 1.94. The van der Waals surface area contributed by atoms with Gasteiger partial charge in [0.15, 0.2) is 0 Å². The Balaban J connectivity index is 1.38. The van der Waals surface area contributed by atoms with Crippen LogP contribution in [0.2, 0.25) is 0 Å². The minimum Gasteiger partial charge on any atom is -0.349 e. The number of benzene rings is 1. The summed E-state index contributed by atoms with van der Waals surface area (Å²) >= 11 is 3.07. The number of amides is 1. The molecule has 0 spiro atoms. The molecule has 1 aromatic carbocycles. The first-order valence-electron chi connectivity index (χ1n) is 9.93. The summed E-state index contributed by atoms with van der Waals surface area (Å²) < 4.78 is 1.13. The first kappa shape index (κ1) is 19.3. The Morgan fingerprint density at radius 3 is 2.83 bits per heavy atom. The van der Waals surface area contributed by atoms with Crippen LogP contribution in [-0.4, -0.2) is 51.9 Å². The maximum absolute atomic E-state index is 12.8. The van der Waals surface area contributed by atoms with E-state index in [0.29, 0.717) is 10.7 Å². The van der Waals surface area contributed by atoms with E-state index in [-0.39, 0.29) is 11.9 Å². The molecule has 9 heteroatoms. The van der Waals surface area contributed by atoms with Gasteiger partial charge in [0.05, 0.1) is 25.5 Å². The number of anilines is 2. The molecule has 1 fully saturated rings. The fourth-order valence-electron chi connectivity index (χ4n) is 3.73. The largest absolute Gasteiger partial charge is 0.349 e. The van der Waals surface area contributed by atoms with Gasteiger partial charge in [-0.25, -0.2) is 15.0 Å². The van der Waals surface area contributed by atoms with Gasteiger partial charge >= 0.3 is 0 Å². The monoisotopic (exact) mass is 438 g/mol. The molecule has 1 amide bonds. The smallest absolute Gasteiger partial charge is 0.261 e. The van der Waals surface area contributed by atoms with E-state index < -0.39 is 0 Å². The van der Waals surface area contributed by atoms with Crippen molar-refractivity contribution in [2.45, 2.75) is 25.8 Å². The predicted molar refractivity (Wildman–Crippen MR) is 123 cm³/mol. The van der Waals surface area contributed by atoms with Crippen LogP contribution in [0.4, 0.5) is 11.5 Å². The van der Waals surface area contributed by atoms with Crippen LogP contribution in [0, 0.1) is 6.92 Å². The van der Waals surface area contributed by atoms with E-state index in [2.05, 4.69) is 43.6 Å². The van der Waals surface area contributed by atoms with Crippen molar-refractivity contribution in [3.8, 4) is 0 Å². The lowest BCUT2D eigenvalue weighted by Crippen LogP contribution is -2.43. The van der Waals surface area contributed by atoms with E-state index in [9.17, 15) is 4.79 Å². The number of fused-ring (bicyclic) bond motifs is 2. The van der Waals surface area contributed by atoms with Crippen LogP contribution in [0.15, 0.2) is 30.6 Å². The third kappa shape index (κ3) is 3.88. The second kappa shape index (κ2) is 7.90. The number of carbonyl (C=O) groups is 1. The second-order valence-electron chi connectivity index (χ2n) is 7.64. The lowest BCUT2D eigenvalue weighted by molar-refractivity contribution is 0.0921. The Kier molecular flexibility index (Phi) is 5.10. The molecule has 30 heavy (non-hydrogen) atoms. The lowest BCUT2D eigenvalue weighted by atomic mass is 10.1. The highest BCUT2D eigenvalue weighted by atomic mass is 32.1. The number of hydrogen-bond donors (Lipinski definition) is 2. The molecule has 0 unspecified atom stereocenters. The number of aromatic nitrogens is 3. The SMILES string of the molecule is Cc1nc2ccc(Nc3ncnc4sc(C(=O)NC5CCN(C)CC5)cc34)cc2s1. The third-order valence-corrected chi connectivity index (χ3v) is 7.34. The van der Waals surface area contributed by atoms with Crippen molar-refractivity contribution in [2.75, 3.05) is 25.5 Å². The summed E-state index contributed by atoms with van der Waals surface area (Å²) in [6.45, 7) is 4.04. The molecule has 2 N–H and O–H groups in total. The van der Waals surface area contributed by atoms with Crippen molar-refractivity contribution in [3.05, 3.63) is 40.5 Å². The summed E-state index contributed by atoms with van der Waals surface area (Å²) in [6.07, 6.45) is 3.51. The number of thiophene rings is 1. The molecule has 3 aromatic heterocycles. The van der Waals surface area contributed by atoms with Crippen LogP contribution in [0.3, 0.4) is 0 Å². The average Bonchev–Trinajstić information content (AvgIpc) is 3.33. The van der Waals surface area contributed by atoms with Gasteiger partial charge in [-0.1, -0.05) is 0 Å². The van der Waals surface area contributed by atoms with Crippen molar-refractivity contribution in [3.63, 3.8) is 0 Å². The molecule has 4 heterocycles. The van der Waals surface area contributed by atoms with Crippen LogP contribution in [0.1, 0.15) is 27.5 Å². The molecule has 0 bridgehead atoms. The maximum atomic E-state index is 12.8. The summed E-state index contributed by atoms with van der Waals surface area (Å²) in [5, 5.41) is 8.47. The topological polar surface area (TPSA) is 83.0 Å². The van der Waals surface area contributed by atoms with Gasteiger partial charge in [-0.15, -0.1) is 22.7 Å². The molecule has 0 saturated carbocycles. The van der Waals surface area contributed by atoms with E-state index in [1.165, 1.54) is 17.7 Å². The number of nitrogens with zero attached hydrogens (tertiary/aromatic N) is 4. The van der Waals surface area contributed by atoms with E-state index in [0.717, 1.165) is 57.1 Å². The van der Waals surface area contributed by atoms with Gasteiger partial charge in [-0.3, -0.25) is 4.79 Å². The molecule has 1 aliphatic rings. The number of nitrogens with one attached hydrogen (secondary N) is 2. The third-order valence-electron chi connectivity index (χ3n) is 5.37. The first-order chi connectivity index (χ1) is 14.5. The molecule has 0 atom stereocenters. The van der Waals surface area contributed by atoms with Gasteiger partial charge in [-0.05, 0) is 64.2 Å².